The van der Waals surface area contributed by atoms with Gasteiger partial charge in [0, 0.05) is 24.3 Å². The number of amides is 1. The van der Waals surface area contributed by atoms with E-state index in [2.05, 4.69) is 6.92 Å². The average Bonchev–Trinajstić information content (AvgIpc) is 2.56. The van der Waals surface area contributed by atoms with Gasteiger partial charge in [-0.05, 0) is 36.2 Å². The van der Waals surface area contributed by atoms with Crippen molar-refractivity contribution in [3.8, 4) is 0 Å². The molecule has 0 aliphatic rings. The van der Waals surface area contributed by atoms with E-state index in [1.807, 2.05) is 59.5 Å². The van der Waals surface area contributed by atoms with Crippen LogP contribution < -0.4 is 10.6 Å². The van der Waals surface area contributed by atoms with E-state index in [1.54, 1.807) is 0 Å². The number of carbonyl (C=O) groups excluding carboxylic acids is 1. The molecule has 0 unspecified atom stereocenters. The molecule has 1 amide bonds. The molecule has 0 heterocycles. The molecule has 0 aliphatic heterocycles. The molecule has 0 saturated carbocycles. The number of carbonyl (C=O) groups is 1. The lowest BCUT2D eigenvalue weighted by Gasteiger charge is -2.23. The molecule has 110 valence electrons. The largest absolute Gasteiger partial charge is 0.326 e. The summed E-state index contributed by atoms with van der Waals surface area (Å²) in [6, 6.07) is 17.4. The highest BCUT2D eigenvalue weighted by atomic mass is 16.2. The van der Waals surface area contributed by atoms with E-state index in [0.717, 1.165) is 30.6 Å². The lowest BCUT2D eigenvalue weighted by molar-refractivity contribution is 0.0986. The number of nitrogens with two attached hydrogens (primary N) is 1. The lowest BCUT2D eigenvalue weighted by Crippen LogP contribution is -2.31. The predicted octanol–water partition coefficient (Wildman–Crippen LogP) is 3.59. The summed E-state index contributed by atoms with van der Waals surface area (Å²) in [4.78, 5) is 14.6. The van der Waals surface area contributed by atoms with Gasteiger partial charge >= 0.3 is 0 Å². The van der Waals surface area contributed by atoms with Gasteiger partial charge in [-0.15, -0.1) is 0 Å². The molecule has 0 saturated heterocycles. The number of para-hydroxylation sites is 1. The Labute approximate surface area is 126 Å². The van der Waals surface area contributed by atoms with Gasteiger partial charge in [0.2, 0.25) is 0 Å². The Kier molecular flexibility index (Phi) is 5.52. The van der Waals surface area contributed by atoms with Crippen molar-refractivity contribution in [3.63, 3.8) is 0 Å². The summed E-state index contributed by atoms with van der Waals surface area (Å²) in [5.41, 5.74) is 8.28. The first-order valence-electron chi connectivity index (χ1n) is 7.42. The van der Waals surface area contributed by atoms with Crippen molar-refractivity contribution in [1.82, 2.24) is 0 Å². The van der Waals surface area contributed by atoms with Gasteiger partial charge in [0.25, 0.3) is 5.91 Å². The van der Waals surface area contributed by atoms with E-state index in [-0.39, 0.29) is 5.91 Å². The number of anilines is 1. The molecule has 2 aromatic carbocycles. The van der Waals surface area contributed by atoms with Gasteiger partial charge in [-0.2, -0.15) is 0 Å². The quantitative estimate of drug-likeness (QED) is 0.880. The molecule has 0 bridgehead atoms. The second kappa shape index (κ2) is 7.60. The van der Waals surface area contributed by atoms with Crippen LogP contribution in [0.3, 0.4) is 0 Å². The molecule has 3 heteroatoms. The highest BCUT2D eigenvalue weighted by Crippen LogP contribution is 2.18. The van der Waals surface area contributed by atoms with E-state index >= 15 is 0 Å². The van der Waals surface area contributed by atoms with Gasteiger partial charge in [0.05, 0.1) is 0 Å². The van der Waals surface area contributed by atoms with Gasteiger partial charge in [0.15, 0.2) is 0 Å². The van der Waals surface area contributed by atoms with Crippen LogP contribution in [0.2, 0.25) is 0 Å². The fraction of sp³-hybridized carbons (Fsp3) is 0.278. The topological polar surface area (TPSA) is 46.3 Å². The van der Waals surface area contributed by atoms with Gasteiger partial charge < -0.3 is 10.6 Å². The molecule has 0 aliphatic carbocycles. The molecule has 2 N–H and O–H groups in total. The number of nitrogens with zero attached hydrogens (tertiary/aromatic N) is 1. The summed E-state index contributed by atoms with van der Waals surface area (Å²) >= 11 is 0. The second-order valence-corrected chi connectivity index (χ2v) is 5.05. The zero-order chi connectivity index (χ0) is 15.1. The SMILES string of the molecule is CCCCN(C(=O)c1ccc(CN)cc1)c1ccccc1. The van der Waals surface area contributed by atoms with E-state index in [9.17, 15) is 4.79 Å². The average molecular weight is 282 g/mol. The van der Waals surface area contributed by atoms with Gasteiger partial charge in [-0.3, -0.25) is 4.79 Å². The molecule has 2 rings (SSSR count). The molecule has 2 aromatic rings. The fourth-order valence-corrected chi connectivity index (χ4v) is 2.21. The summed E-state index contributed by atoms with van der Waals surface area (Å²) in [6.45, 7) is 3.36. The Balaban J connectivity index is 2.24. The van der Waals surface area contributed by atoms with Crippen LogP contribution in [0.1, 0.15) is 35.7 Å². The van der Waals surface area contributed by atoms with Crippen molar-refractivity contribution in [1.29, 1.82) is 0 Å². The van der Waals surface area contributed by atoms with Crippen molar-refractivity contribution >= 4 is 11.6 Å². The number of hydrogen-bond acceptors (Lipinski definition) is 2. The van der Waals surface area contributed by atoms with Crippen molar-refractivity contribution in [2.24, 2.45) is 5.73 Å². The Morgan fingerprint density at radius 1 is 1.05 bits per heavy atom. The van der Waals surface area contributed by atoms with Gasteiger partial charge in [0.1, 0.15) is 0 Å². The number of rotatable bonds is 6. The molecular formula is C18H22N2O. The number of hydrogen-bond donors (Lipinski definition) is 1. The van der Waals surface area contributed by atoms with E-state index < -0.39 is 0 Å². The standard InChI is InChI=1S/C18H22N2O/c1-2-3-13-20(17-7-5-4-6-8-17)18(21)16-11-9-15(14-19)10-12-16/h4-12H,2-3,13-14,19H2,1H3. The van der Waals surface area contributed by atoms with E-state index in [4.69, 9.17) is 5.73 Å². The van der Waals surface area contributed by atoms with Crippen LogP contribution in [0.25, 0.3) is 0 Å². The highest BCUT2D eigenvalue weighted by Gasteiger charge is 2.16. The molecule has 0 spiro atoms. The van der Waals surface area contributed by atoms with Gasteiger partial charge in [-0.25, -0.2) is 0 Å². The van der Waals surface area contributed by atoms with Crippen molar-refractivity contribution in [2.75, 3.05) is 11.4 Å². The first kappa shape index (κ1) is 15.3. The molecule has 0 atom stereocenters. The van der Waals surface area contributed by atoms with Crippen molar-refractivity contribution < 1.29 is 4.79 Å². The van der Waals surface area contributed by atoms with Crippen LogP contribution in [0.15, 0.2) is 54.6 Å². The molecule has 0 radical (unpaired) electrons. The van der Waals surface area contributed by atoms with Crippen molar-refractivity contribution in [2.45, 2.75) is 26.3 Å². The zero-order valence-electron chi connectivity index (χ0n) is 12.5. The zero-order valence-corrected chi connectivity index (χ0v) is 12.5. The molecular weight excluding hydrogens is 260 g/mol. The first-order valence-corrected chi connectivity index (χ1v) is 7.42. The van der Waals surface area contributed by atoms with Crippen LogP contribution in [-0.4, -0.2) is 12.5 Å². The fourth-order valence-electron chi connectivity index (χ4n) is 2.21. The lowest BCUT2D eigenvalue weighted by atomic mass is 10.1. The predicted molar refractivity (Wildman–Crippen MR) is 87.4 cm³/mol. The number of unbranched alkanes of at least 4 members (excludes halogenated alkanes) is 1. The van der Waals surface area contributed by atoms with Crippen LogP contribution >= 0.6 is 0 Å². The van der Waals surface area contributed by atoms with Crippen LogP contribution in [0.4, 0.5) is 5.69 Å². The molecule has 0 aromatic heterocycles. The Bertz CT molecular complexity index is 564. The van der Waals surface area contributed by atoms with Crippen molar-refractivity contribution in [3.05, 3.63) is 65.7 Å². The summed E-state index contributed by atoms with van der Waals surface area (Å²) in [5, 5.41) is 0. The third-order valence-corrected chi connectivity index (χ3v) is 3.48. The van der Waals surface area contributed by atoms with Crippen LogP contribution in [-0.2, 0) is 6.54 Å². The minimum atomic E-state index is 0.0400. The van der Waals surface area contributed by atoms with Crippen LogP contribution in [0.5, 0.6) is 0 Å². The van der Waals surface area contributed by atoms with Gasteiger partial charge in [-0.1, -0.05) is 43.7 Å². The first-order chi connectivity index (χ1) is 10.3. The smallest absolute Gasteiger partial charge is 0.258 e. The highest BCUT2D eigenvalue weighted by molar-refractivity contribution is 6.06. The summed E-state index contributed by atoms with van der Waals surface area (Å²) < 4.78 is 0. The normalized spacial score (nSPS) is 10.4. The molecule has 0 fully saturated rings. The monoisotopic (exact) mass is 282 g/mol. The minimum absolute atomic E-state index is 0.0400. The summed E-state index contributed by atoms with van der Waals surface area (Å²) in [5.74, 6) is 0.0400. The van der Waals surface area contributed by atoms with E-state index in [0.29, 0.717) is 12.1 Å². The summed E-state index contributed by atoms with van der Waals surface area (Å²) in [7, 11) is 0. The Morgan fingerprint density at radius 2 is 1.71 bits per heavy atom. The third kappa shape index (κ3) is 3.92. The van der Waals surface area contributed by atoms with E-state index in [1.165, 1.54) is 0 Å². The molecule has 3 nitrogen and oxygen atoms in total. The molecule has 21 heavy (non-hydrogen) atoms. The second-order valence-electron chi connectivity index (χ2n) is 5.05. The Hall–Kier alpha value is -2.13. The Morgan fingerprint density at radius 3 is 2.29 bits per heavy atom. The maximum atomic E-state index is 12.7. The maximum Gasteiger partial charge on any atom is 0.258 e. The van der Waals surface area contributed by atoms with Crippen LogP contribution in [0, 0.1) is 0 Å². The summed E-state index contributed by atoms with van der Waals surface area (Å²) in [6.07, 6.45) is 2.05. The maximum absolute atomic E-state index is 12.7. The minimum Gasteiger partial charge on any atom is -0.326 e. The third-order valence-electron chi connectivity index (χ3n) is 3.48. The number of benzene rings is 2.